The van der Waals surface area contributed by atoms with Gasteiger partial charge in [0.1, 0.15) is 17.9 Å². The molecule has 0 bridgehead atoms. The lowest BCUT2D eigenvalue weighted by molar-refractivity contribution is 0.0600. The van der Waals surface area contributed by atoms with E-state index < -0.39 is 27.5 Å². The van der Waals surface area contributed by atoms with Crippen molar-refractivity contribution in [2.45, 2.75) is 49.5 Å². The van der Waals surface area contributed by atoms with Crippen LogP contribution in [0.2, 0.25) is 0 Å². The van der Waals surface area contributed by atoms with Crippen molar-refractivity contribution in [3.8, 4) is 6.07 Å². The molecule has 0 amide bonds. The molecule has 3 N–H and O–H groups in total. The Morgan fingerprint density at radius 3 is 2.74 bits per heavy atom. The fourth-order valence-electron chi connectivity index (χ4n) is 5.07. The Labute approximate surface area is 199 Å². The van der Waals surface area contributed by atoms with Crippen molar-refractivity contribution in [2.75, 3.05) is 0 Å². The van der Waals surface area contributed by atoms with Crippen molar-refractivity contribution in [1.29, 1.82) is 5.26 Å². The molecule has 5 rings (SSSR count). The number of rotatable bonds is 4. The second kappa shape index (κ2) is 7.42. The van der Waals surface area contributed by atoms with Crippen molar-refractivity contribution in [3.05, 3.63) is 64.7 Å². The molecule has 0 radical (unpaired) electrons. The van der Waals surface area contributed by atoms with E-state index in [0.29, 0.717) is 34.3 Å². The molecule has 1 saturated carbocycles. The van der Waals surface area contributed by atoms with Gasteiger partial charge in [0, 0.05) is 24.1 Å². The van der Waals surface area contributed by atoms with Crippen LogP contribution in [0.25, 0.3) is 11.0 Å². The molecule has 174 valence electrons. The van der Waals surface area contributed by atoms with Gasteiger partial charge in [-0.1, -0.05) is 11.8 Å². The van der Waals surface area contributed by atoms with Gasteiger partial charge in [-0.3, -0.25) is 9.98 Å². The first-order chi connectivity index (χ1) is 16.0. The predicted molar refractivity (Wildman–Crippen MR) is 125 cm³/mol. The Hall–Kier alpha value is -3.16. The van der Waals surface area contributed by atoms with Gasteiger partial charge >= 0.3 is 0 Å². The molecule has 1 aliphatic carbocycles. The monoisotopic (exact) mass is 480 g/mol. The topological polar surface area (TPSA) is 121 Å². The largest absolute Gasteiger partial charge is 0.389 e. The van der Waals surface area contributed by atoms with E-state index in [1.54, 1.807) is 32.9 Å². The lowest BCUT2D eigenvalue weighted by Gasteiger charge is -2.39. The third-order valence-electron chi connectivity index (χ3n) is 6.94. The first-order valence-corrected chi connectivity index (χ1v) is 11.5. The highest BCUT2D eigenvalue weighted by atomic mass is 32.2. The van der Waals surface area contributed by atoms with Crippen LogP contribution in [-0.2, 0) is 12.0 Å². The number of aliphatic imine (C=N–C) groups is 1. The van der Waals surface area contributed by atoms with Crippen LogP contribution in [-0.4, -0.2) is 35.6 Å². The molecule has 7 nitrogen and oxygen atoms in total. The van der Waals surface area contributed by atoms with Crippen LogP contribution in [0.15, 0.2) is 35.7 Å². The number of fused-ring (bicyclic) bond motifs is 2. The number of nitrogens with two attached hydrogens (primary N) is 1. The SMILES string of the molecule is CC(C)(O)[C@]12C[C@H]1[C@@](C)(c1cc(Cc3ncnc4cc(C#N)cnc34)cc(F)c1F)N=C(N)S2. The van der Waals surface area contributed by atoms with Crippen LogP contribution in [0.1, 0.15) is 49.6 Å². The van der Waals surface area contributed by atoms with Crippen molar-refractivity contribution in [1.82, 2.24) is 15.0 Å². The summed E-state index contributed by atoms with van der Waals surface area (Å²) in [5, 5.41) is 20.2. The maximum atomic E-state index is 15.2. The Morgan fingerprint density at radius 2 is 2.03 bits per heavy atom. The number of aliphatic hydroxyl groups is 1. The normalized spacial score (nSPS) is 26.0. The van der Waals surface area contributed by atoms with Crippen molar-refractivity contribution >= 4 is 28.0 Å². The molecule has 2 aromatic heterocycles. The Balaban J connectivity index is 1.59. The first kappa shape index (κ1) is 22.6. The molecular formula is C24H22F2N6OS. The van der Waals surface area contributed by atoms with Gasteiger partial charge in [-0.25, -0.2) is 18.7 Å². The predicted octanol–water partition coefficient (Wildman–Crippen LogP) is 3.57. The van der Waals surface area contributed by atoms with Crippen LogP contribution in [0.5, 0.6) is 0 Å². The third kappa shape index (κ3) is 3.34. The number of hydrogen-bond donors (Lipinski definition) is 2. The van der Waals surface area contributed by atoms with E-state index in [9.17, 15) is 9.50 Å². The maximum Gasteiger partial charge on any atom is 0.164 e. The minimum Gasteiger partial charge on any atom is -0.389 e. The first-order valence-electron chi connectivity index (χ1n) is 10.7. The van der Waals surface area contributed by atoms with E-state index in [2.05, 4.69) is 19.9 Å². The minimum atomic E-state index is -1.13. The van der Waals surface area contributed by atoms with Crippen molar-refractivity contribution < 1.29 is 13.9 Å². The third-order valence-corrected chi connectivity index (χ3v) is 8.55. The number of hydrogen-bond acceptors (Lipinski definition) is 8. The van der Waals surface area contributed by atoms with Crippen LogP contribution >= 0.6 is 11.8 Å². The maximum absolute atomic E-state index is 15.2. The zero-order valence-electron chi connectivity index (χ0n) is 18.8. The van der Waals surface area contributed by atoms with E-state index in [1.165, 1.54) is 24.3 Å². The molecule has 0 saturated heterocycles. The lowest BCUT2D eigenvalue weighted by atomic mass is 9.82. The smallest absolute Gasteiger partial charge is 0.164 e. The number of halogens is 2. The number of thioether (sulfide) groups is 1. The molecule has 2 aliphatic rings. The van der Waals surface area contributed by atoms with Gasteiger partial charge in [0.2, 0.25) is 0 Å². The highest BCUT2D eigenvalue weighted by Gasteiger charge is 2.72. The quantitative estimate of drug-likeness (QED) is 0.585. The van der Waals surface area contributed by atoms with E-state index in [0.717, 1.165) is 6.07 Å². The van der Waals surface area contributed by atoms with Gasteiger partial charge in [0.05, 0.1) is 32.7 Å². The zero-order valence-corrected chi connectivity index (χ0v) is 19.6. The summed E-state index contributed by atoms with van der Waals surface area (Å²) < 4.78 is 29.4. The number of amidine groups is 1. The molecule has 1 aromatic carbocycles. The molecule has 3 atom stereocenters. The number of nitrogens with zero attached hydrogens (tertiary/aromatic N) is 5. The summed E-state index contributed by atoms with van der Waals surface area (Å²) >= 11 is 1.30. The Kier molecular flexibility index (Phi) is 4.94. The number of benzene rings is 1. The van der Waals surface area contributed by atoms with E-state index in [-0.39, 0.29) is 23.1 Å². The fraction of sp³-hybridized carbons (Fsp3) is 0.375. The molecular weight excluding hydrogens is 458 g/mol. The van der Waals surface area contributed by atoms with E-state index >= 15 is 4.39 Å². The zero-order chi connectivity index (χ0) is 24.5. The summed E-state index contributed by atoms with van der Waals surface area (Å²) in [7, 11) is 0. The second-order valence-corrected chi connectivity index (χ2v) is 10.9. The molecule has 1 aliphatic heterocycles. The number of aromatic nitrogens is 3. The Morgan fingerprint density at radius 1 is 1.26 bits per heavy atom. The van der Waals surface area contributed by atoms with Crippen LogP contribution < -0.4 is 5.73 Å². The molecule has 3 heterocycles. The number of nitriles is 1. The summed E-state index contributed by atoms with van der Waals surface area (Å²) in [5.74, 6) is -2.18. The summed E-state index contributed by atoms with van der Waals surface area (Å²) in [6.07, 6.45) is 3.53. The standard InChI is InChI=1S/C24H22F2N6OS/c1-22(2,33)24-8-18(24)23(3,32-21(28)34-24)14-4-12(5-15(25)19(14)26)6-16-20-17(31-11-30-16)7-13(9-27)10-29-20/h4-5,7,10-11,18,33H,6,8H2,1-3H3,(H2,28,32)/t18-,23+,24-/m0/s1. The van der Waals surface area contributed by atoms with Crippen LogP contribution in [0.4, 0.5) is 8.78 Å². The molecule has 10 heteroatoms. The van der Waals surface area contributed by atoms with Crippen LogP contribution in [0.3, 0.4) is 0 Å². The average molecular weight is 481 g/mol. The van der Waals surface area contributed by atoms with Gasteiger partial charge in [-0.05, 0) is 51.0 Å². The summed E-state index contributed by atoms with van der Waals surface area (Å²) in [6.45, 7) is 5.15. The highest BCUT2D eigenvalue weighted by molar-refractivity contribution is 8.15. The molecule has 34 heavy (non-hydrogen) atoms. The molecule has 0 spiro atoms. The minimum absolute atomic E-state index is 0.0972. The lowest BCUT2D eigenvalue weighted by Crippen LogP contribution is -2.46. The van der Waals surface area contributed by atoms with Gasteiger partial charge in [-0.2, -0.15) is 5.26 Å². The Bertz CT molecular complexity index is 1420. The fourth-order valence-corrected chi connectivity index (χ4v) is 6.55. The van der Waals surface area contributed by atoms with E-state index in [4.69, 9.17) is 11.0 Å². The second-order valence-electron chi connectivity index (χ2n) is 9.54. The van der Waals surface area contributed by atoms with Crippen molar-refractivity contribution in [3.63, 3.8) is 0 Å². The van der Waals surface area contributed by atoms with Gasteiger partial charge in [0.25, 0.3) is 0 Å². The van der Waals surface area contributed by atoms with E-state index in [1.807, 2.05) is 6.07 Å². The highest BCUT2D eigenvalue weighted by Crippen LogP contribution is 2.69. The average Bonchev–Trinajstić information content (AvgIpc) is 3.53. The molecule has 0 unspecified atom stereocenters. The molecule has 3 aromatic rings. The van der Waals surface area contributed by atoms with Crippen LogP contribution in [0, 0.1) is 28.9 Å². The van der Waals surface area contributed by atoms with Gasteiger partial charge < -0.3 is 10.8 Å². The summed E-state index contributed by atoms with van der Waals surface area (Å²) in [6, 6.07) is 6.35. The molecule has 1 fully saturated rings. The van der Waals surface area contributed by atoms with Crippen molar-refractivity contribution in [2.24, 2.45) is 16.6 Å². The summed E-state index contributed by atoms with van der Waals surface area (Å²) in [5.41, 5.74) is 6.36. The van der Waals surface area contributed by atoms with Gasteiger partial charge in [-0.15, -0.1) is 0 Å². The van der Waals surface area contributed by atoms with Gasteiger partial charge in [0.15, 0.2) is 16.8 Å². The number of pyridine rings is 1. The summed E-state index contributed by atoms with van der Waals surface area (Å²) in [4.78, 5) is 17.3.